The van der Waals surface area contributed by atoms with Crippen LogP contribution in [0.25, 0.3) is 0 Å². The van der Waals surface area contributed by atoms with Gasteiger partial charge in [0.05, 0.1) is 13.2 Å². The van der Waals surface area contributed by atoms with Crippen molar-refractivity contribution < 1.29 is 9.53 Å². The monoisotopic (exact) mass is 215 g/mol. The number of hydrogen-bond donors (Lipinski definition) is 0. The largest absolute Gasteiger partial charge is 0.465 e. The summed E-state index contributed by atoms with van der Waals surface area (Å²) >= 11 is 0. The fourth-order valence-electron chi connectivity index (χ4n) is 1.57. The zero-order valence-corrected chi connectivity index (χ0v) is 10.7. The summed E-state index contributed by atoms with van der Waals surface area (Å²) in [6.45, 7) is 11.3. The highest BCUT2D eigenvalue weighted by atomic mass is 16.5. The van der Waals surface area contributed by atoms with Gasteiger partial charge >= 0.3 is 5.97 Å². The van der Waals surface area contributed by atoms with Crippen LogP contribution in [0.1, 0.15) is 47.5 Å². The Morgan fingerprint density at radius 3 is 1.93 bits per heavy atom. The van der Waals surface area contributed by atoms with E-state index in [0.29, 0.717) is 25.2 Å². The van der Waals surface area contributed by atoms with E-state index in [0.717, 1.165) is 12.8 Å². The van der Waals surface area contributed by atoms with Crippen molar-refractivity contribution in [1.29, 1.82) is 0 Å². The summed E-state index contributed by atoms with van der Waals surface area (Å²) in [6, 6.07) is 0.869. The predicted molar refractivity (Wildman–Crippen MR) is 62.8 cm³/mol. The standard InChI is InChI=1S/C12H25NO2/c1-6-10(4)13(11(5)7-2)9-12(14)15-8-3/h10-11H,6-9H2,1-5H3. The van der Waals surface area contributed by atoms with Crippen LogP contribution in [-0.2, 0) is 9.53 Å². The highest BCUT2D eigenvalue weighted by molar-refractivity contribution is 5.71. The fraction of sp³-hybridized carbons (Fsp3) is 0.917. The van der Waals surface area contributed by atoms with Gasteiger partial charge in [0.2, 0.25) is 0 Å². The van der Waals surface area contributed by atoms with Crippen LogP contribution in [0.4, 0.5) is 0 Å². The molecule has 0 saturated carbocycles. The Morgan fingerprint density at radius 1 is 1.13 bits per heavy atom. The molecule has 0 aromatic heterocycles. The van der Waals surface area contributed by atoms with Gasteiger partial charge in [0, 0.05) is 12.1 Å². The molecule has 2 unspecified atom stereocenters. The van der Waals surface area contributed by atoms with Crippen LogP contribution in [0.5, 0.6) is 0 Å². The van der Waals surface area contributed by atoms with E-state index in [-0.39, 0.29) is 5.97 Å². The first-order valence-electron chi connectivity index (χ1n) is 5.98. The number of carbonyl (C=O) groups excluding carboxylic acids is 1. The smallest absolute Gasteiger partial charge is 0.320 e. The van der Waals surface area contributed by atoms with Crippen molar-refractivity contribution in [1.82, 2.24) is 4.90 Å². The molecule has 0 aromatic carbocycles. The molecule has 0 aliphatic carbocycles. The van der Waals surface area contributed by atoms with E-state index in [1.807, 2.05) is 6.92 Å². The topological polar surface area (TPSA) is 29.5 Å². The van der Waals surface area contributed by atoms with Gasteiger partial charge in [-0.3, -0.25) is 9.69 Å². The Balaban J connectivity index is 4.30. The number of rotatable bonds is 7. The molecule has 90 valence electrons. The molecule has 0 N–H and O–H groups in total. The first kappa shape index (κ1) is 14.4. The molecule has 3 heteroatoms. The molecule has 0 aromatic rings. The van der Waals surface area contributed by atoms with Gasteiger partial charge in [-0.2, -0.15) is 0 Å². The molecule has 0 saturated heterocycles. The van der Waals surface area contributed by atoms with Gasteiger partial charge in [-0.05, 0) is 33.6 Å². The lowest BCUT2D eigenvalue weighted by atomic mass is 10.1. The summed E-state index contributed by atoms with van der Waals surface area (Å²) in [5.74, 6) is -0.113. The number of hydrogen-bond acceptors (Lipinski definition) is 3. The maximum atomic E-state index is 11.4. The maximum absolute atomic E-state index is 11.4. The van der Waals surface area contributed by atoms with Gasteiger partial charge < -0.3 is 4.74 Å². The number of esters is 1. The van der Waals surface area contributed by atoms with Crippen LogP contribution in [-0.4, -0.2) is 36.1 Å². The summed E-state index contributed by atoms with van der Waals surface area (Å²) in [6.07, 6.45) is 2.12. The normalized spacial score (nSPS) is 15.1. The first-order valence-corrected chi connectivity index (χ1v) is 5.98. The quantitative estimate of drug-likeness (QED) is 0.611. The van der Waals surface area contributed by atoms with Crippen LogP contribution < -0.4 is 0 Å². The van der Waals surface area contributed by atoms with Crippen molar-refractivity contribution in [3.8, 4) is 0 Å². The second-order valence-corrected chi connectivity index (χ2v) is 3.99. The minimum absolute atomic E-state index is 0.113. The third-order valence-electron chi connectivity index (χ3n) is 2.93. The Morgan fingerprint density at radius 2 is 1.60 bits per heavy atom. The number of ether oxygens (including phenoxy) is 1. The third kappa shape index (κ3) is 5.17. The Hall–Kier alpha value is -0.570. The molecule has 3 nitrogen and oxygen atoms in total. The molecular weight excluding hydrogens is 190 g/mol. The lowest BCUT2D eigenvalue weighted by Gasteiger charge is -2.32. The van der Waals surface area contributed by atoms with Gasteiger partial charge in [0.15, 0.2) is 0 Å². The molecule has 0 rings (SSSR count). The van der Waals surface area contributed by atoms with Crippen LogP contribution >= 0.6 is 0 Å². The molecule has 0 aliphatic rings. The Bertz CT molecular complexity index is 172. The van der Waals surface area contributed by atoms with E-state index in [4.69, 9.17) is 4.74 Å². The van der Waals surface area contributed by atoms with Crippen molar-refractivity contribution in [3.05, 3.63) is 0 Å². The molecule has 0 fully saturated rings. The Labute approximate surface area is 93.8 Å². The predicted octanol–water partition coefficient (Wildman–Crippen LogP) is 2.45. The molecule has 0 heterocycles. The second kappa shape index (κ2) is 7.69. The van der Waals surface area contributed by atoms with E-state index < -0.39 is 0 Å². The summed E-state index contributed by atoms with van der Waals surface area (Å²) in [7, 11) is 0. The minimum Gasteiger partial charge on any atom is -0.465 e. The van der Waals surface area contributed by atoms with E-state index in [1.54, 1.807) is 0 Å². The minimum atomic E-state index is -0.113. The van der Waals surface area contributed by atoms with Crippen molar-refractivity contribution in [3.63, 3.8) is 0 Å². The van der Waals surface area contributed by atoms with E-state index in [2.05, 4.69) is 32.6 Å². The molecule has 0 amide bonds. The van der Waals surface area contributed by atoms with E-state index in [1.165, 1.54) is 0 Å². The van der Waals surface area contributed by atoms with Crippen molar-refractivity contribution in [2.45, 2.75) is 59.5 Å². The third-order valence-corrected chi connectivity index (χ3v) is 2.93. The zero-order chi connectivity index (χ0) is 11.8. The van der Waals surface area contributed by atoms with Gasteiger partial charge in [0.1, 0.15) is 0 Å². The fourth-order valence-corrected chi connectivity index (χ4v) is 1.57. The van der Waals surface area contributed by atoms with Crippen LogP contribution in [0, 0.1) is 0 Å². The molecular formula is C12H25NO2. The Kier molecular flexibility index (Phi) is 7.39. The average molecular weight is 215 g/mol. The average Bonchev–Trinajstić information content (AvgIpc) is 2.24. The van der Waals surface area contributed by atoms with Gasteiger partial charge in [0.25, 0.3) is 0 Å². The van der Waals surface area contributed by atoms with Crippen molar-refractivity contribution >= 4 is 5.97 Å². The van der Waals surface area contributed by atoms with Gasteiger partial charge in [-0.25, -0.2) is 0 Å². The van der Waals surface area contributed by atoms with Crippen molar-refractivity contribution in [2.75, 3.05) is 13.2 Å². The lowest BCUT2D eigenvalue weighted by molar-refractivity contribution is -0.145. The number of carbonyl (C=O) groups is 1. The second-order valence-electron chi connectivity index (χ2n) is 3.99. The van der Waals surface area contributed by atoms with Gasteiger partial charge in [-0.1, -0.05) is 13.8 Å². The summed E-state index contributed by atoms with van der Waals surface area (Å²) in [4.78, 5) is 13.7. The molecule has 0 spiro atoms. The van der Waals surface area contributed by atoms with E-state index >= 15 is 0 Å². The van der Waals surface area contributed by atoms with Crippen molar-refractivity contribution in [2.24, 2.45) is 0 Å². The highest BCUT2D eigenvalue weighted by Gasteiger charge is 2.20. The SMILES string of the molecule is CCOC(=O)CN(C(C)CC)C(C)CC. The highest BCUT2D eigenvalue weighted by Crippen LogP contribution is 2.11. The molecule has 15 heavy (non-hydrogen) atoms. The van der Waals surface area contributed by atoms with E-state index in [9.17, 15) is 4.79 Å². The lowest BCUT2D eigenvalue weighted by Crippen LogP contribution is -2.43. The zero-order valence-electron chi connectivity index (χ0n) is 10.7. The van der Waals surface area contributed by atoms with Crippen LogP contribution in [0.2, 0.25) is 0 Å². The van der Waals surface area contributed by atoms with Crippen LogP contribution in [0.15, 0.2) is 0 Å². The van der Waals surface area contributed by atoms with Gasteiger partial charge in [-0.15, -0.1) is 0 Å². The summed E-state index contributed by atoms with van der Waals surface area (Å²) < 4.78 is 4.98. The number of nitrogens with zero attached hydrogens (tertiary/aromatic N) is 1. The van der Waals surface area contributed by atoms with Crippen LogP contribution in [0.3, 0.4) is 0 Å². The summed E-state index contributed by atoms with van der Waals surface area (Å²) in [5, 5.41) is 0. The summed E-state index contributed by atoms with van der Waals surface area (Å²) in [5.41, 5.74) is 0. The molecule has 0 radical (unpaired) electrons. The molecule has 2 atom stereocenters. The first-order chi connectivity index (χ1) is 7.06. The molecule has 0 aliphatic heterocycles. The maximum Gasteiger partial charge on any atom is 0.320 e. The molecule has 0 bridgehead atoms.